The van der Waals surface area contributed by atoms with Gasteiger partial charge in [0.25, 0.3) is 0 Å². The van der Waals surface area contributed by atoms with Crippen molar-refractivity contribution in [3.05, 3.63) is 12.2 Å². The van der Waals surface area contributed by atoms with Crippen LogP contribution in [0.2, 0.25) is 0 Å². The Bertz CT molecular complexity index is 351. The molecule has 0 unspecified atom stereocenters. The molecule has 3 aliphatic rings. The number of hydrogen-bond donors (Lipinski definition) is 1. The van der Waals surface area contributed by atoms with Gasteiger partial charge in [-0.1, -0.05) is 19.1 Å². The van der Waals surface area contributed by atoms with Crippen molar-refractivity contribution in [1.29, 1.82) is 0 Å². The summed E-state index contributed by atoms with van der Waals surface area (Å²) in [7, 11) is 0. The lowest BCUT2D eigenvalue weighted by Gasteiger charge is -2.54. The number of hydrogen-bond acceptors (Lipinski definition) is 2. The number of rotatable bonds is 1. The number of ether oxygens (including phenoxy) is 1. The van der Waals surface area contributed by atoms with Crippen LogP contribution in [0.5, 0.6) is 0 Å². The van der Waals surface area contributed by atoms with Crippen molar-refractivity contribution >= 4 is 0 Å². The quantitative estimate of drug-likeness (QED) is 0.561. The van der Waals surface area contributed by atoms with Crippen molar-refractivity contribution in [3.8, 4) is 0 Å². The summed E-state index contributed by atoms with van der Waals surface area (Å²) < 4.78 is 5.84. The zero-order valence-electron chi connectivity index (χ0n) is 11.0. The van der Waals surface area contributed by atoms with Crippen molar-refractivity contribution in [2.75, 3.05) is 6.61 Å². The number of allylic oxidation sites excluding steroid dienone is 1. The van der Waals surface area contributed by atoms with Gasteiger partial charge in [-0.15, -0.1) is 0 Å². The topological polar surface area (TPSA) is 32.8 Å². The molecule has 0 aromatic heterocycles. The predicted molar refractivity (Wildman–Crippen MR) is 67.7 cm³/mol. The van der Waals surface area contributed by atoms with Crippen molar-refractivity contribution in [2.45, 2.75) is 57.7 Å². The Morgan fingerprint density at radius 2 is 2.18 bits per heavy atom. The van der Waals surface area contributed by atoms with Gasteiger partial charge in [-0.05, 0) is 56.3 Å². The largest absolute Gasteiger partial charge is 0.396 e. The molecule has 1 saturated heterocycles. The van der Waals surface area contributed by atoms with E-state index in [-0.39, 0.29) is 11.0 Å². The van der Waals surface area contributed by atoms with E-state index in [1.165, 1.54) is 12.0 Å². The van der Waals surface area contributed by atoms with Gasteiger partial charge in [0.05, 0.1) is 11.7 Å². The van der Waals surface area contributed by atoms with Crippen LogP contribution in [0.4, 0.5) is 0 Å². The van der Waals surface area contributed by atoms with E-state index in [0.717, 1.165) is 25.7 Å². The molecule has 1 heterocycles. The minimum atomic E-state index is 0.138. The van der Waals surface area contributed by atoms with E-state index in [2.05, 4.69) is 20.4 Å². The van der Waals surface area contributed by atoms with E-state index < -0.39 is 0 Å². The van der Waals surface area contributed by atoms with Gasteiger partial charge in [-0.2, -0.15) is 0 Å². The summed E-state index contributed by atoms with van der Waals surface area (Å²) in [4.78, 5) is 0. The second-order valence-electron chi connectivity index (χ2n) is 6.88. The SMILES string of the molecule is C=C1CC[C@@H]2O[C@]2(C)CC[C@@H]2[C@@H]1C[C@@]2(C)CO. The molecule has 1 N–H and O–H groups in total. The van der Waals surface area contributed by atoms with Crippen LogP contribution in [0, 0.1) is 17.3 Å². The normalized spacial score (nSPS) is 53.6. The van der Waals surface area contributed by atoms with Gasteiger partial charge in [-0.25, -0.2) is 0 Å². The first kappa shape index (κ1) is 11.7. The van der Waals surface area contributed by atoms with Gasteiger partial charge in [0.2, 0.25) is 0 Å². The fourth-order valence-electron chi connectivity index (χ4n) is 4.10. The van der Waals surface area contributed by atoms with E-state index in [1.54, 1.807) is 0 Å². The van der Waals surface area contributed by atoms with E-state index in [4.69, 9.17) is 4.74 Å². The summed E-state index contributed by atoms with van der Waals surface area (Å²) in [6.07, 6.45) is 6.21. The number of fused-ring (bicyclic) bond motifs is 2. The first-order chi connectivity index (χ1) is 7.98. The Kier molecular flexibility index (Phi) is 2.47. The number of aliphatic hydroxyl groups excluding tert-OH is 1. The van der Waals surface area contributed by atoms with Crippen LogP contribution in [-0.4, -0.2) is 23.4 Å². The Morgan fingerprint density at radius 3 is 2.88 bits per heavy atom. The molecule has 2 heteroatoms. The molecule has 17 heavy (non-hydrogen) atoms. The first-order valence-electron chi connectivity index (χ1n) is 6.95. The van der Waals surface area contributed by atoms with E-state index >= 15 is 0 Å². The summed E-state index contributed by atoms with van der Waals surface area (Å²) in [5, 5.41) is 9.58. The highest BCUT2D eigenvalue weighted by atomic mass is 16.6. The maximum absolute atomic E-state index is 9.58. The van der Waals surface area contributed by atoms with E-state index in [9.17, 15) is 5.11 Å². The molecular weight excluding hydrogens is 212 g/mol. The van der Waals surface area contributed by atoms with Gasteiger partial charge >= 0.3 is 0 Å². The van der Waals surface area contributed by atoms with Crippen LogP contribution in [0.3, 0.4) is 0 Å². The van der Waals surface area contributed by atoms with Gasteiger partial charge in [0.1, 0.15) is 0 Å². The van der Waals surface area contributed by atoms with Crippen LogP contribution in [-0.2, 0) is 4.74 Å². The average molecular weight is 236 g/mol. The molecule has 0 aromatic carbocycles. The zero-order chi connectivity index (χ0) is 12.3. The summed E-state index contributed by atoms with van der Waals surface area (Å²) >= 11 is 0. The summed E-state index contributed by atoms with van der Waals surface area (Å²) in [6.45, 7) is 9.08. The predicted octanol–water partition coefficient (Wildman–Crippen LogP) is 2.91. The molecule has 0 amide bonds. The van der Waals surface area contributed by atoms with Crippen molar-refractivity contribution in [2.24, 2.45) is 17.3 Å². The molecule has 0 radical (unpaired) electrons. The van der Waals surface area contributed by atoms with Gasteiger partial charge in [-0.3, -0.25) is 0 Å². The van der Waals surface area contributed by atoms with E-state index in [1.807, 2.05) is 0 Å². The third-order valence-corrected chi connectivity index (χ3v) is 5.67. The molecule has 3 rings (SSSR count). The zero-order valence-corrected chi connectivity index (χ0v) is 11.0. The molecule has 5 atom stereocenters. The summed E-state index contributed by atoms with van der Waals surface area (Å²) in [5.74, 6) is 1.29. The molecular formula is C15H24O2. The molecule has 96 valence electrons. The Labute approximate surface area is 104 Å². The third kappa shape index (κ3) is 1.68. The maximum atomic E-state index is 9.58. The minimum Gasteiger partial charge on any atom is -0.396 e. The van der Waals surface area contributed by atoms with Gasteiger partial charge in [0.15, 0.2) is 0 Å². The molecule has 0 aromatic rings. The highest BCUT2D eigenvalue weighted by Crippen LogP contribution is 2.59. The van der Waals surface area contributed by atoms with Crippen LogP contribution < -0.4 is 0 Å². The van der Waals surface area contributed by atoms with Crippen LogP contribution in [0.1, 0.15) is 46.0 Å². The molecule has 3 fully saturated rings. The smallest absolute Gasteiger partial charge is 0.0920 e. The van der Waals surface area contributed by atoms with Crippen LogP contribution in [0.25, 0.3) is 0 Å². The maximum Gasteiger partial charge on any atom is 0.0920 e. The third-order valence-electron chi connectivity index (χ3n) is 5.67. The molecule has 0 spiro atoms. The molecule has 2 aliphatic carbocycles. The number of epoxide rings is 1. The lowest BCUT2D eigenvalue weighted by atomic mass is 9.51. The summed E-state index contributed by atoms with van der Waals surface area (Å²) in [5.41, 5.74) is 1.68. The second kappa shape index (κ2) is 3.58. The standard InChI is InChI=1S/C15H24O2/c1-10-4-5-13-15(3,17-13)7-6-12-11(10)8-14(12,2)9-16/h11-13,16H,1,4-9H2,2-3H3/t11-,12-,13+,14+,15-/m1/s1. The Balaban J connectivity index is 1.77. The van der Waals surface area contributed by atoms with Crippen LogP contribution in [0.15, 0.2) is 12.2 Å². The highest BCUT2D eigenvalue weighted by molar-refractivity contribution is 5.17. The van der Waals surface area contributed by atoms with Crippen molar-refractivity contribution in [1.82, 2.24) is 0 Å². The lowest BCUT2D eigenvalue weighted by Crippen LogP contribution is -2.49. The monoisotopic (exact) mass is 236 g/mol. The van der Waals surface area contributed by atoms with Gasteiger partial charge < -0.3 is 9.84 Å². The summed E-state index contributed by atoms with van der Waals surface area (Å²) in [6, 6.07) is 0. The molecule has 2 saturated carbocycles. The number of aliphatic hydroxyl groups is 1. The highest BCUT2D eigenvalue weighted by Gasteiger charge is 2.56. The Hall–Kier alpha value is -0.340. The molecule has 2 nitrogen and oxygen atoms in total. The van der Waals surface area contributed by atoms with Crippen LogP contribution >= 0.6 is 0 Å². The lowest BCUT2D eigenvalue weighted by molar-refractivity contribution is -0.0602. The van der Waals surface area contributed by atoms with Gasteiger partial charge in [0, 0.05) is 6.61 Å². The molecule has 1 aliphatic heterocycles. The van der Waals surface area contributed by atoms with E-state index in [0.29, 0.717) is 24.5 Å². The average Bonchev–Trinajstić information content (AvgIpc) is 2.92. The fourth-order valence-corrected chi connectivity index (χ4v) is 4.10. The van der Waals surface area contributed by atoms with Crippen molar-refractivity contribution < 1.29 is 9.84 Å². The Morgan fingerprint density at radius 1 is 1.41 bits per heavy atom. The second-order valence-corrected chi connectivity index (χ2v) is 6.88. The fraction of sp³-hybridized carbons (Fsp3) is 0.867. The first-order valence-corrected chi connectivity index (χ1v) is 6.95. The van der Waals surface area contributed by atoms with Crippen molar-refractivity contribution in [3.63, 3.8) is 0 Å². The molecule has 0 bridgehead atoms. The minimum absolute atomic E-state index is 0.138.